The second kappa shape index (κ2) is 4.37. The molecule has 0 bridgehead atoms. The fraction of sp³-hybridized carbons (Fsp3) is 0.500. The van der Waals surface area contributed by atoms with Gasteiger partial charge in [0, 0.05) is 25.8 Å². The zero-order valence-electron chi connectivity index (χ0n) is 9.29. The smallest absolute Gasteiger partial charge is 0.246 e. The monoisotopic (exact) mass is 226 g/mol. The Morgan fingerprint density at radius 1 is 1.44 bits per heavy atom. The molecule has 16 heavy (non-hydrogen) atoms. The normalized spacial score (nSPS) is 16.7. The van der Waals surface area contributed by atoms with Gasteiger partial charge in [0.2, 0.25) is 6.43 Å². The van der Waals surface area contributed by atoms with Crippen LogP contribution in [0, 0.1) is 0 Å². The molecular formula is C12H16F2N2. The van der Waals surface area contributed by atoms with Gasteiger partial charge in [-0.2, -0.15) is 0 Å². The zero-order chi connectivity index (χ0) is 11.7. The van der Waals surface area contributed by atoms with Crippen molar-refractivity contribution >= 4 is 5.69 Å². The van der Waals surface area contributed by atoms with Crippen LogP contribution in [0.25, 0.3) is 0 Å². The summed E-state index contributed by atoms with van der Waals surface area (Å²) in [6.45, 7) is 0.951. The van der Waals surface area contributed by atoms with Crippen molar-refractivity contribution in [3.05, 3.63) is 29.3 Å². The van der Waals surface area contributed by atoms with Gasteiger partial charge in [0.25, 0.3) is 0 Å². The Balaban J connectivity index is 2.31. The summed E-state index contributed by atoms with van der Waals surface area (Å²) >= 11 is 0. The number of likely N-dealkylation sites (N-methyl/N-ethyl adjacent to an activating group) is 1. The van der Waals surface area contributed by atoms with Gasteiger partial charge in [0.1, 0.15) is 0 Å². The molecule has 1 heterocycles. The minimum absolute atomic E-state index is 0.00765. The highest BCUT2D eigenvalue weighted by Crippen LogP contribution is 2.31. The van der Waals surface area contributed by atoms with E-state index in [2.05, 4.69) is 4.90 Å². The van der Waals surface area contributed by atoms with E-state index in [-0.39, 0.29) is 6.54 Å². The van der Waals surface area contributed by atoms with E-state index >= 15 is 0 Å². The fourth-order valence-electron chi connectivity index (χ4n) is 2.20. The number of anilines is 1. The summed E-state index contributed by atoms with van der Waals surface area (Å²) in [5, 5.41) is 0. The zero-order valence-corrected chi connectivity index (χ0v) is 9.29. The van der Waals surface area contributed by atoms with Crippen LogP contribution in [-0.4, -0.2) is 26.6 Å². The van der Waals surface area contributed by atoms with Gasteiger partial charge in [0.05, 0.1) is 5.92 Å². The van der Waals surface area contributed by atoms with Crippen LogP contribution in [0.4, 0.5) is 14.5 Å². The number of alkyl halides is 2. The average molecular weight is 226 g/mol. The third kappa shape index (κ3) is 1.89. The molecular weight excluding hydrogens is 210 g/mol. The molecule has 0 radical (unpaired) electrons. The first kappa shape index (κ1) is 11.3. The molecule has 1 aromatic rings. The molecule has 1 aliphatic heterocycles. The Labute approximate surface area is 94.0 Å². The number of benzene rings is 1. The van der Waals surface area contributed by atoms with Crippen LogP contribution < -0.4 is 10.6 Å². The molecule has 0 aromatic heterocycles. The van der Waals surface area contributed by atoms with E-state index < -0.39 is 12.3 Å². The van der Waals surface area contributed by atoms with Crippen molar-refractivity contribution in [2.75, 3.05) is 25.0 Å². The van der Waals surface area contributed by atoms with Gasteiger partial charge in [-0.25, -0.2) is 8.78 Å². The van der Waals surface area contributed by atoms with Crippen LogP contribution in [-0.2, 0) is 6.42 Å². The Morgan fingerprint density at radius 2 is 2.19 bits per heavy atom. The van der Waals surface area contributed by atoms with E-state index in [1.165, 1.54) is 0 Å². The van der Waals surface area contributed by atoms with E-state index in [1.807, 2.05) is 19.2 Å². The summed E-state index contributed by atoms with van der Waals surface area (Å²) in [7, 11) is 2.01. The van der Waals surface area contributed by atoms with Gasteiger partial charge in [-0.15, -0.1) is 0 Å². The molecule has 0 spiro atoms. The van der Waals surface area contributed by atoms with Crippen LogP contribution in [0.5, 0.6) is 0 Å². The molecule has 0 amide bonds. The summed E-state index contributed by atoms with van der Waals surface area (Å²) in [6, 6.07) is 5.57. The summed E-state index contributed by atoms with van der Waals surface area (Å²) in [6.07, 6.45) is -1.46. The van der Waals surface area contributed by atoms with Crippen molar-refractivity contribution in [2.45, 2.75) is 18.8 Å². The largest absolute Gasteiger partial charge is 0.374 e. The van der Waals surface area contributed by atoms with Crippen LogP contribution >= 0.6 is 0 Å². The number of hydrogen-bond acceptors (Lipinski definition) is 2. The predicted molar refractivity (Wildman–Crippen MR) is 61.2 cm³/mol. The van der Waals surface area contributed by atoms with Gasteiger partial charge in [0.15, 0.2) is 0 Å². The molecule has 2 nitrogen and oxygen atoms in total. The maximum Gasteiger partial charge on any atom is 0.246 e. The SMILES string of the molecule is CN1CCc2cc(C(CN)C(F)F)ccc21. The van der Waals surface area contributed by atoms with E-state index in [1.54, 1.807) is 6.07 Å². The van der Waals surface area contributed by atoms with Crippen molar-refractivity contribution in [1.29, 1.82) is 0 Å². The number of hydrogen-bond donors (Lipinski definition) is 1. The van der Waals surface area contributed by atoms with Crippen molar-refractivity contribution in [2.24, 2.45) is 5.73 Å². The first-order valence-corrected chi connectivity index (χ1v) is 5.45. The molecule has 2 rings (SSSR count). The lowest BCUT2D eigenvalue weighted by Gasteiger charge is -2.16. The van der Waals surface area contributed by atoms with E-state index in [4.69, 9.17) is 5.73 Å². The van der Waals surface area contributed by atoms with Crippen molar-refractivity contribution < 1.29 is 8.78 Å². The summed E-state index contributed by atoms with van der Waals surface area (Å²) < 4.78 is 25.4. The quantitative estimate of drug-likeness (QED) is 0.854. The van der Waals surface area contributed by atoms with Crippen LogP contribution in [0.2, 0.25) is 0 Å². The molecule has 1 unspecified atom stereocenters. The van der Waals surface area contributed by atoms with E-state index in [0.717, 1.165) is 24.2 Å². The molecule has 0 saturated carbocycles. The third-order valence-electron chi connectivity index (χ3n) is 3.22. The summed E-state index contributed by atoms with van der Waals surface area (Å²) in [4.78, 5) is 2.14. The number of rotatable bonds is 3. The number of fused-ring (bicyclic) bond motifs is 1. The van der Waals surface area contributed by atoms with Gasteiger partial charge >= 0.3 is 0 Å². The van der Waals surface area contributed by atoms with Gasteiger partial charge in [-0.3, -0.25) is 0 Å². The van der Waals surface area contributed by atoms with Crippen molar-refractivity contribution in [1.82, 2.24) is 0 Å². The molecule has 2 N–H and O–H groups in total. The average Bonchev–Trinajstić information content (AvgIpc) is 2.61. The molecule has 1 aromatic carbocycles. The first-order valence-electron chi connectivity index (χ1n) is 5.45. The Morgan fingerprint density at radius 3 is 2.81 bits per heavy atom. The second-order valence-electron chi connectivity index (χ2n) is 4.24. The van der Waals surface area contributed by atoms with Crippen LogP contribution in [0.3, 0.4) is 0 Å². The lowest BCUT2D eigenvalue weighted by atomic mass is 9.97. The van der Waals surface area contributed by atoms with Gasteiger partial charge < -0.3 is 10.6 Å². The topological polar surface area (TPSA) is 29.3 Å². The van der Waals surface area contributed by atoms with Crippen LogP contribution in [0.1, 0.15) is 17.0 Å². The third-order valence-corrected chi connectivity index (χ3v) is 3.22. The Kier molecular flexibility index (Phi) is 3.10. The summed E-state index contributed by atoms with van der Waals surface area (Å²) in [5.41, 5.74) is 8.35. The Hall–Kier alpha value is -1.16. The van der Waals surface area contributed by atoms with E-state index in [0.29, 0.717) is 5.56 Å². The first-order chi connectivity index (χ1) is 7.63. The lowest BCUT2D eigenvalue weighted by molar-refractivity contribution is 0.117. The summed E-state index contributed by atoms with van der Waals surface area (Å²) in [5.74, 6) is -0.837. The number of nitrogens with zero attached hydrogens (tertiary/aromatic N) is 1. The number of halogens is 2. The van der Waals surface area contributed by atoms with Crippen molar-refractivity contribution in [3.63, 3.8) is 0 Å². The molecule has 1 atom stereocenters. The molecule has 0 aliphatic carbocycles. The highest BCUT2D eigenvalue weighted by molar-refractivity contribution is 5.58. The minimum Gasteiger partial charge on any atom is -0.374 e. The maximum absolute atomic E-state index is 12.7. The van der Waals surface area contributed by atoms with Crippen LogP contribution in [0.15, 0.2) is 18.2 Å². The lowest BCUT2D eigenvalue weighted by Crippen LogP contribution is -2.19. The standard InChI is InChI=1S/C12H16F2N2/c1-16-5-4-9-6-8(2-3-11(9)16)10(7-15)12(13)14/h2-3,6,10,12H,4-5,7,15H2,1H3. The van der Waals surface area contributed by atoms with Gasteiger partial charge in [-0.1, -0.05) is 12.1 Å². The molecule has 88 valence electrons. The molecule has 0 saturated heterocycles. The highest BCUT2D eigenvalue weighted by Gasteiger charge is 2.23. The second-order valence-corrected chi connectivity index (χ2v) is 4.24. The predicted octanol–water partition coefficient (Wildman–Crippen LogP) is 1.99. The molecule has 4 heteroatoms. The van der Waals surface area contributed by atoms with E-state index in [9.17, 15) is 8.78 Å². The fourth-order valence-corrected chi connectivity index (χ4v) is 2.20. The van der Waals surface area contributed by atoms with Gasteiger partial charge in [-0.05, 0) is 23.6 Å². The maximum atomic E-state index is 12.7. The Bertz CT molecular complexity index is 379. The van der Waals surface area contributed by atoms with Crippen molar-refractivity contribution in [3.8, 4) is 0 Å². The highest BCUT2D eigenvalue weighted by atomic mass is 19.3. The number of nitrogens with two attached hydrogens (primary N) is 1. The minimum atomic E-state index is -2.39. The molecule has 0 fully saturated rings. The molecule has 1 aliphatic rings.